The van der Waals surface area contributed by atoms with Crippen molar-refractivity contribution >= 4 is 11.8 Å². The molecule has 2 aliphatic rings. The number of phenolic OH excluding ortho intramolecular Hbond substituents is 1. The smallest absolute Gasteiger partial charge is 0.305 e. The summed E-state index contributed by atoms with van der Waals surface area (Å²) in [6, 6.07) is 3.11. The van der Waals surface area contributed by atoms with E-state index >= 15 is 0 Å². The molecule has 3 rings (SSSR count). The lowest BCUT2D eigenvalue weighted by Crippen LogP contribution is -2.43. The molecule has 1 fully saturated rings. The molecule has 26 heavy (non-hydrogen) atoms. The summed E-state index contributed by atoms with van der Waals surface area (Å²) in [7, 11) is 0. The van der Waals surface area contributed by atoms with Gasteiger partial charge in [-0.05, 0) is 39.0 Å². The van der Waals surface area contributed by atoms with Crippen molar-refractivity contribution in [2.45, 2.75) is 63.9 Å². The Labute approximate surface area is 153 Å². The number of aromatic hydroxyl groups is 1. The summed E-state index contributed by atoms with van der Waals surface area (Å²) in [4.78, 5) is 23.9. The van der Waals surface area contributed by atoms with Crippen LogP contribution in [0.1, 0.15) is 68.6 Å². The van der Waals surface area contributed by atoms with Crippen LogP contribution in [0.2, 0.25) is 0 Å². The topological polar surface area (TPSA) is 82.1 Å². The number of benzene rings is 1. The first-order chi connectivity index (χ1) is 12.5. The predicted molar refractivity (Wildman–Crippen MR) is 94.9 cm³/mol. The molecule has 0 saturated heterocycles. The fourth-order valence-electron chi connectivity index (χ4n) is 3.79. The molecular formula is C20H26O6. The van der Waals surface area contributed by atoms with Crippen molar-refractivity contribution in [1.82, 2.24) is 0 Å². The molecule has 0 aromatic heterocycles. The highest BCUT2D eigenvalue weighted by Gasteiger charge is 2.42. The van der Waals surface area contributed by atoms with E-state index in [1.54, 1.807) is 13.0 Å². The van der Waals surface area contributed by atoms with Gasteiger partial charge in [0.25, 0.3) is 0 Å². The molecule has 6 nitrogen and oxygen atoms in total. The quantitative estimate of drug-likeness (QED) is 0.612. The Bertz CT molecular complexity index is 675. The largest absolute Gasteiger partial charge is 0.507 e. The summed E-state index contributed by atoms with van der Waals surface area (Å²) in [5.41, 5.74) is -0.183. The lowest BCUT2D eigenvalue weighted by molar-refractivity contribution is -0.143. The van der Waals surface area contributed by atoms with E-state index in [9.17, 15) is 14.7 Å². The third-order valence-corrected chi connectivity index (χ3v) is 5.01. The molecule has 1 aliphatic carbocycles. The average Bonchev–Trinajstić information content (AvgIpc) is 2.59. The molecule has 142 valence electrons. The molecule has 1 aromatic rings. The van der Waals surface area contributed by atoms with Crippen LogP contribution in [0.3, 0.4) is 0 Å². The van der Waals surface area contributed by atoms with Crippen molar-refractivity contribution < 1.29 is 28.9 Å². The molecule has 1 heterocycles. The van der Waals surface area contributed by atoms with Gasteiger partial charge in [0.2, 0.25) is 0 Å². The average molecular weight is 362 g/mol. The molecule has 0 amide bonds. The van der Waals surface area contributed by atoms with E-state index in [1.165, 1.54) is 12.5 Å². The number of hydrogen-bond donors (Lipinski definition) is 1. The SMILES string of the molecule is CCOC(=O)CCCOc1cc(O)c2c(c1)OC1(CCCCC1)CC2=O. The Morgan fingerprint density at radius 2 is 2.04 bits per heavy atom. The van der Waals surface area contributed by atoms with Crippen molar-refractivity contribution in [3.8, 4) is 17.2 Å². The minimum absolute atomic E-state index is 0.0699. The third kappa shape index (κ3) is 4.11. The first-order valence-corrected chi connectivity index (χ1v) is 9.41. The molecule has 6 heteroatoms. The van der Waals surface area contributed by atoms with Gasteiger partial charge in [-0.15, -0.1) is 0 Å². The maximum Gasteiger partial charge on any atom is 0.305 e. The molecule has 0 atom stereocenters. The molecule has 0 radical (unpaired) electrons. The fourth-order valence-corrected chi connectivity index (χ4v) is 3.79. The number of carbonyl (C=O) groups is 2. The van der Waals surface area contributed by atoms with Crippen molar-refractivity contribution in [3.63, 3.8) is 0 Å². The van der Waals surface area contributed by atoms with E-state index < -0.39 is 5.60 Å². The van der Waals surface area contributed by atoms with Crippen LogP contribution in [0.25, 0.3) is 0 Å². The number of rotatable bonds is 6. The number of esters is 1. The highest BCUT2D eigenvalue weighted by molar-refractivity contribution is 6.03. The minimum atomic E-state index is -0.433. The van der Waals surface area contributed by atoms with E-state index in [4.69, 9.17) is 14.2 Å². The van der Waals surface area contributed by atoms with Crippen molar-refractivity contribution in [2.24, 2.45) is 0 Å². The molecule has 1 N–H and O–H groups in total. The van der Waals surface area contributed by atoms with Crippen molar-refractivity contribution in [1.29, 1.82) is 0 Å². The number of ether oxygens (including phenoxy) is 3. The molecule has 1 spiro atoms. The van der Waals surface area contributed by atoms with Gasteiger partial charge in [0.05, 0.1) is 19.6 Å². The van der Waals surface area contributed by atoms with E-state index in [1.807, 2.05) is 0 Å². The van der Waals surface area contributed by atoms with Crippen LogP contribution in [0.5, 0.6) is 17.2 Å². The van der Waals surface area contributed by atoms with E-state index in [-0.39, 0.29) is 29.5 Å². The monoisotopic (exact) mass is 362 g/mol. The first kappa shape index (κ1) is 18.5. The third-order valence-electron chi connectivity index (χ3n) is 5.01. The molecule has 1 aliphatic heterocycles. The summed E-state index contributed by atoms with van der Waals surface area (Å²) < 4.78 is 16.7. The zero-order valence-electron chi connectivity index (χ0n) is 15.2. The second kappa shape index (κ2) is 7.98. The lowest BCUT2D eigenvalue weighted by atomic mass is 9.78. The van der Waals surface area contributed by atoms with Crippen LogP contribution in [0.4, 0.5) is 0 Å². The highest BCUT2D eigenvalue weighted by Crippen LogP contribution is 2.45. The van der Waals surface area contributed by atoms with Gasteiger partial charge in [0.1, 0.15) is 28.4 Å². The van der Waals surface area contributed by atoms with Crippen LogP contribution >= 0.6 is 0 Å². The minimum Gasteiger partial charge on any atom is -0.507 e. The number of phenols is 1. The van der Waals surface area contributed by atoms with E-state index in [0.29, 0.717) is 37.6 Å². The van der Waals surface area contributed by atoms with Gasteiger partial charge in [0.15, 0.2) is 5.78 Å². The second-order valence-electron chi connectivity index (χ2n) is 7.02. The van der Waals surface area contributed by atoms with Crippen molar-refractivity contribution in [2.75, 3.05) is 13.2 Å². The maximum absolute atomic E-state index is 12.6. The van der Waals surface area contributed by atoms with Crippen molar-refractivity contribution in [3.05, 3.63) is 17.7 Å². The maximum atomic E-state index is 12.6. The van der Waals surface area contributed by atoms with E-state index in [2.05, 4.69) is 0 Å². The highest BCUT2D eigenvalue weighted by atomic mass is 16.5. The molecule has 1 aromatic carbocycles. The fraction of sp³-hybridized carbons (Fsp3) is 0.600. The molecule has 0 bridgehead atoms. The Morgan fingerprint density at radius 1 is 1.27 bits per heavy atom. The molecular weight excluding hydrogens is 336 g/mol. The lowest BCUT2D eigenvalue weighted by Gasteiger charge is -2.40. The Kier molecular flexibility index (Phi) is 5.69. The zero-order chi connectivity index (χ0) is 18.6. The summed E-state index contributed by atoms with van der Waals surface area (Å²) >= 11 is 0. The predicted octanol–water partition coefficient (Wildman–Crippen LogP) is 3.78. The van der Waals surface area contributed by atoms with Crippen LogP contribution in [0, 0.1) is 0 Å². The Morgan fingerprint density at radius 3 is 2.77 bits per heavy atom. The van der Waals surface area contributed by atoms with E-state index in [0.717, 1.165) is 25.7 Å². The number of hydrogen-bond acceptors (Lipinski definition) is 6. The summed E-state index contributed by atoms with van der Waals surface area (Å²) in [5.74, 6) is 0.407. The Balaban J connectivity index is 1.67. The second-order valence-corrected chi connectivity index (χ2v) is 7.02. The first-order valence-electron chi connectivity index (χ1n) is 9.41. The number of Topliss-reactive ketones (excluding diaryl/α,β-unsaturated/α-hetero) is 1. The summed E-state index contributed by atoms with van der Waals surface area (Å²) in [6.45, 7) is 2.45. The van der Waals surface area contributed by atoms with Gasteiger partial charge in [-0.1, -0.05) is 6.42 Å². The summed E-state index contributed by atoms with van der Waals surface area (Å²) in [5, 5.41) is 10.3. The number of ketones is 1. The number of carbonyl (C=O) groups excluding carboxylic acids is 2. The van der Waals surface area contributed by atoms with Crippen LogP contribution in [-0.4, -0.2) is 35.7 Å². The van der Waals surface area contributed by atoms with Gasteiger partial charge in [0, 0.05) is 18.6 Å². The molecule has 0 unspecified atom stereocenters. The van der Waals surface area contributed by atoms with Gasteiger partial charge >= 0.3 is 5.97 Å². The number of fused-ring (bicyclic) bond motifs is 1. The molecule has 1 saturated carbocycles. The summed E-state index contributed by atoms with van der Waals surface area (Å²) in [6.07, 6.45) is 6.13. The van der Waals surface area contributed by atoms with Gasteiger partial charge in [-0.2, -0.15) is 0 Å². The zero-order valence-corrected chi connectivity index (χ0v) is 15.2. The Hall–Kier alpha value is -2.24. The van der Waals surface area contributed by atoms with Gasteiger partial charge in [-0.25, -0.2) is 0 Å². The van der Waals surface area contributed by atoms with Crippen LogP contribution in [-0.2, 0) is 9.53 Å². The standard InChI is InChI=1S/C20H26O6/c1-2-24-18(23)7-6-10-25-14-11-15(21)19-16(22)13-20(26-17(19)12-14)8-4-3-5-9-20/h11-12,21H,2-10,13H2,1H3. The van der Waals surface area contributed by atoms with Gasteiger partial charge in [-0.3, -0.25) is 9.59 Å². The van der Waals surface area contributed by atoms with Crippen LogP contribution < -0.4 is 9.47 Å². The normalized spacial score (nSPS) is 18.1. The van der Waals surface area contributed by atoms with Gasteiger partial charge < -0.3 is 19.3 Å². The van der Waals surface area contributed by atoms with Crippen LogP contribution in [0.15, 0.2) is 12.1 Å².